The van der Waals surface area contributed by atoms with E-state index in [1.807, 2.05) is 12.1 Å². The smallest absolute Gasteiger partial charge is 0.115 e. The summed E-state index contributed by atoms with van der Waals surface area (Å²) in [5, 5.41) is 12.8. The third kappa shape index (κ3) is 1.62. The highest BCUT2D eigenvalue weighted by molar-refractivity contribution is 5.32. The molecule has 0 bridgehead atoms. The van der Waals surface area contributed by atoms with Crippen molar-refractivity contribution in [3.05, 3.63) is 29.8 Å². The van der Waals surface area contributed by atoms with Crippen LogP contribution in [0.4, 0.5) is 0 Å². The van der Waals surface area contributed by atoms with Gasteiger partial charge in [-0.1, -0.05) is 26.0 Å². The largest absolute Gasteiger partial charge is 0.508 e. The summed E-state index contributed by atoms with van der Waals surface area (Å²) in [5.74, 6) is 0.875. The van der Waals surface area contributed by atoms with Crippen molar-refractivity contribution in [1.29, 1.82) is 0 Å². The summed E-state index contributed by atoms with van der Waals surface area (Å²) < 4.78 is 0. The van der Waals surface area contributed by atoms with Gasteiger partial charge in [0.05, 0.1) is 0 Å². The first-order chi connectivity index (χ1) is 6.59. The van der Waals surface area contributed by atoms with Crippen molar-refractivity contribution in [3.8, 4) is 5.75 Å². The Labute approximate surface area is 85.0 Å². The average Bonchev–Trinajstić information content (AvgIpc) is 2.45. The molecule has 1 fully saturated rings. The van der Waals surface area contributed by atoms with E-state index in [0.29, 0.717) is 11.7 Å². The second kappa shape index (κ2) is 3.28. The van der Waals surface area contributed by atoms with Gasteiger partial charge in [-0.25, -0.2) is 0 Å². The number of nitrogens with one attached hydrogen (secondary N) is 1. The summed E-state index contributed by atoms with van der Waals surface area (Å²) in [4.78, 5) is 0. The van der Waals surface area contributed by atoms with Gasteiger partial charge in [0, 0.05) is 19.0 Å². The van der Waals surface area contributed by atoms with Crippen LogP contribution in [0.1, 0.15) is 25.3 Å². The molecule has 1 aliphatic rings. The molecule has 1 aromatic carbocycles. The first-order valence-electron chi connectivity index (χ1n) is 5.09. The van der Waals surface area contributed by atoms with Gasteiger partial charge in [-0.3, -0.25) is 0 Å². The van der Waals surface area contributed by atoms with Crippen LogP contribution >= 0.6 is 0 Å². The number of phenols is 1. The molecule has 2 nitrogen and oxygen atoms in total. The van der Waals surface area contributed by atoms with E-state index in [1.54, 1.807) is 6.07 Å². The van der Waals surface area contributed by atoms with Gasteiger partial charge in [0.15, 0.2) is 0 Å². The minimum Gasteiger partial charge on any atom is -0.508 e. The van der Waals surface area contributed by atoms with Gasteiger partial charge in [0.25, 0.3) is 0 Å². The Morgan fingerprint density at radius 2 is 2.21 bits per heavy atom. The minimum absolute atomic E-state index is 0.286. The van der Waals surface area contributed by atoms with E-state index in [-0.39, 0.29) is 5.41 Å². The van der Waals surface area contributed by atoms with Crippen LogP contribution in [-0.2, 0) is 0 Å². The molecule has 1 atom stereocenters. The van der Waals surface area contributed by atoms with E-state index in [1.165, 1.54) is 5.56 Å². The van der Waals surface area contributed by atoms with Crippen molar-refractivity contribution >= 4 is 0 Å². The van der Waals surface area contributed by atoms with E-state index >= 15 is 0 Å². The molecule has 0 aliphatic carbocycles. The fourth-order valence-electron chi connectivity index (χ4n) is 2.25. The van der Waals surface area contributed by atoms with E-state index in [2.05, 4.69) is 25.2 Å². The van der Waals surface area contributed by atoms with Gasteiger partial charge >= 0.3 is 0 Å². The predicted molar refractivity (Wildman–Crippen MR) is 57.5 cm³/mol. The highest BCUT2D eigenvalue weighted by atomic mass is 16.3. The van der Waals surface area contributed by atoms with Gasteiger partial charge in [-0.05, 0) is 23.1 Å². The maximum Gasteiger partial charge on any atom is 0.115 e. The Balaban J connectivity index is 2.31. The monoisotopic (exact) mass is 191 g/mol. The first-order valence-corrected chi connectivity index (χ1v) is 5.09. The van der Waals surface area contributed by atoms with Crippen molar-refractivity contribution in [3.63, 3.8) is 0 Å². The third-order valence-corrected chi connectivity index (χ3v) is 3.14. The summed E-state index contributed by atoms with van der Waals surface area (Å²) >= 11 is 0. The second-order valence-electron chi connectivity index (χ2n) is 4.77. The number of aromatic hydroxyl groups is 1. The van der Waals surface area contributed by atoms with Crippen molar-refractivity contribution in [2.75, 3.05) is 13.1 Å². The highest BCUT2D eigenvalue weighted by Gasteiger charge is 2.35. The summed E-state index contributed by atoms with van der Waals surface area (Å²) in [5.41, 5.74) is 1.52. The number of rotatable bonds is 1. The lowest BCUT2D eigenvalue weighted by molar-refractivity contribution is 0.362. The Bertz CT molecular complexity index is 333. The Morgan fingerprint density at radius 1 is 1.43 bits per heavy atom. The number of phenolic OH excluding ortho intramolecular Hbond substituents is 1. The molecule has 76 valence electrons. The van der Waals surface area contributed by atoms with Gasteiger partial charge in [0.2, 0.25) is 0 Å². The van der Waals surface area contributed by atoms with Crippen molar-refractivity contribution in [2.24, 2.45) is 5.41 Å². The second-order valence-corrected chi connectivity index (χ2v) is 4.77. The molecular weight excluding hydrogens is 174 g/mol. The molecule has 0 aromatic heterocycles. The van der Waals surface area contributed by atoms with Crippen LogP contribution in [0.2, 0.25) is 0 Å². The molecule has 1 saturated heterocycles. The highest BCUT2D eigenvalue weighted by Crippen LogP contribution is 2.38. The number of hydrogen-bond donors (Lipinski definition) is 2. The Hall–Kier alpha value is -1.02. The molecule has 2 N–H and O–H groups in total. The van der Waals surface area contributed by atoms with Crippen LogP contribution in [-0.4, -0.2) is 18.2 Å². The van der Waals surface area contributed by atoms with Crippen molar-refractivity contribution in [2.45, 2.75) is 19.8 Å². The van der Waals surface area contributed by atoms with Gasteiger partial charge in [0.1, 0.15) is 5.75 Å². The molecule has 2 rings (SSSR count). The zero-order chi connectivity index (χ0) is 10.2. The van der Waals surface area contributed by atoms with Crippen LogP contribution < -0.4 is 5.32 Å². The Morgan fingerprint density at radius 3 is 2.79 bits per heavy atom. The lowest BCUT2D eigenvalue weighted by Crippen LogP contribution is -2.20. The van der Waals surface area contributed by atoms with Gasteiger partial charge in [-0.2, -0.15) is 0 Å². The first kappa shape index (κ1) is 9.53. The summed E-state index contributed by atoms with van der Waals surface area (Å²) in [6.07, 6.45) is 0. The molecule has 1 aliphatic heterocycles. The molecule has 0 radical (unpaired) electrons. The van der Waals surface area contributed by atoms with Crippen LogP contribution in [0, 0.1) is 5.41 Å². The third-order valence-electron chi connectivity index (χ3n) is 3.14. The molecule has 0 spiro atoms. The normalized spacial score (nSPS) is 25.1. The van der Waals surface area contributed by atoms with E-state index < -0.39 is 0 Å². The summed E-state index contributed by atoms with van der Waals surface area (Å²) in [7, 11) is 0. The van der Waals surface area contributed by atoms with Crippen molar-refractivity contribution in [1.82, 2.24) is 5.32 Å². The fraction of sp³-hybridized carbons (Fsp3) is 0.500. The molecule has 2 heteroatoms. The molecule has 0 amide bonds. The van der Waals surface area contributed by atoms with E-state index in [9.17, 15) is 5.11 Å². The molecule has 1 aromatic rings. The fourth-order valence-corrected chi connectivity index (χ4v) is 2.25. The number of benzene rings is 1. The standard InChI is InChI=1S/C12H17NO/c1-12(2)8-13-7-11(12)9-4-3-5-10(14)6-9/h3-6,11,13-14H,7-8H2,1-2H3/t11-/m0/s1. The minimum atomic E-state index is 0.286. The molecule has 0 unspecified atom stereocenters. The van der Waals surface area contributed by atoms with E-state index in [0.717, 1.165) is 13.1 Å². The van der Waals surface area contributed by atoms with Crippen LogP contribution in [0.15, 0.2) is 24.3 Å². The quantitative estimate of drug-likeness (QED) is 0.712. The molecule has 1 heterocycles. The lowest BCUT2D eigenvalue weighted by atomic mass is 9.78. The van der Waals surface area contributed by atoms with Crippen molar-refractivity contribution < 1.29 is 5.11 Å². The zero-order valence-corrected chi connectivity index (χ0v) is 8.75. The zero-order valence-electron chi connectivity index (χ0n) is 8.75. The predicted octanol–water partition coefficient (Wildman–Crippen LogP) is 2.11. The SMILES string of the molecule is CC1(C)CNC[C@H]1c1cccc(O)c1. The topological polar surface area (TPSA) is 32.3 Å². The van der Waals surface area contributed by atoms with Gasteiger partial charge < -0.3 is 10.4 Å². The average molecular weight is 191 g/mol. The maximum atomic E-state index is 9.42. The molecular formula is C12H17NO. The van der Waals surface area contributed by atoms with Gasteiger partial charge in [-0.15, -0.1) is 0 Å². The van der Waals surface area contributed by atoms with Crippen LogP contribution in [0.25, 0.3) is 0 Å². The lowest BCUT2D eigenvalue weighted by Gasteiger charge is -2.26. The molecule has 14 heavy (non-hydrogen) atoms. The number of hydrogen-bond acceptors (Lipinski definition) is 2. The van der Waals surface area contributed by atoms with Crippen LogP contribution in [0.3, 0.4) is 0 Å². The van der Waals surface area contributed by atoms with Crippen LogP contribution in [0.5, 0.6) is 5.75 Å². The summed E-state index contributed by atoms with van der Waals surface area (Å²) in [6, 6.07) is 7.61. The summed E-state index contributed by atoms with van der Waals surface area (Å²) in [6.45, 7) is 6.59. The molecule has 0 saturated carbocycles. The Kier molecular flexibility index (Phi) is 2.23. The maximum absolute atomic E-state index is 9.42. The van der Waals surface area contributed by atoms with E-state index in [4.69, 9.17) is 0 Å².